The SMILES string of the molecule is CC(C)(CN)CNCC(C)(C)C1CCOCC1. The fraction of sp³-hybridized carbons (Fsp3) is 1.00. The van der Waals surface area contributed by atoms with Crippen molar-refractivity contribution in [2.24, 2.45) is 22.5 Å². The monoisotopic (exact) mass is 242 g/mol. The van der Waals surface area contributed by atoms with Gasteiger partial charge in [0.25, 0.3) is 0 Å². The van der Waals surface area contributed by atoms with Crippen LogP contribution in [0.5, 0.6) is 0 Å². The van der Waals surface area contributed by atoms with Crippen molar-refractivity contribution in [2.75, 3.05) is 32.8 Å². The summed E-state index contributed by atoms with van der Waals surface area (Å²) in [4.78, 5) is 0. The molecule has 1 aliphatic heterocycles. The highest BCUT2D eigenvalue weighted by Crippen LogP contribution is 2.33. The molecule has 17 heavy (non-hydrogen) atoms. The minimum atomic E-state index is 0.200. The molecule has 3 N–H and O–H groups in total. The van der Waals surface area contributed by atoms with Crippen molar-refractivity contribution in [3.8, 4) is 0 Å². The Morgan fingerprint density at radius 1 is 1.12 bits per heavy atom. The highest BCUT2D eigenvalue weighted by atomic mass is 16.5. The lowest BCUT2D eigenvalue weighted by Gasteiger charge is -2.38. The van der Waals surface area contributed by atoms with E-state index in [0.717, 1.165) is 38.8 Å². The first-order valence-corrected chi connectivity index (χ1v) is 6.86. The van der Waals surface area contributed by atoms with Gasteiger partial charge in [0.15, 0.2) is 0 Å². The third kappa shape index (κ3) is 4.94. The van der Waals surface area contributed by atoms with E-state index in [1.165, 1.54) is 12.8 Å². The summed E-state index contributed by atoms with van der Waals surface area (Å²) < 4.78 is 5.43. The summed E-state index contributed by atoms with van der Waals surface area (Å²) in [7, 11) is 0. The Balaban J connectivity index is 2.33. The molecule has 1 aliphatic rings. The maximum atomic E-state index is 5.74. The van der Waals surface area contributed by atoms with Gasteiger partial charge < -0.3 is 15.8 Å². The van der Waals surface area contributed by atoms with Crippen molar-refractivity contribution in [3.63, 3.8) is 0 Å². The lowest BCUT2D eigenvalue weighted by molar-refractivity contribution is 0.0222. The topological polar surface area (TPSA) is 47.3 Å². The summed E-state index contributed by atoms with van der Waals surface area (Å²) in [6.45, 7) is 13.8. The second-order valence-electron chi connectivity index (χ2n) is 6.85. The van der Waals surface area contributed by atoms with Crippen molar-refractivity contribution in [1.82, 2.24) is 5.32 Å². The van der Waals surface area contributed by atoms with Gasteiger partial charge in [-0.25, -0.2) is 0 Å². The molecule has 0 unspecified atom stereocenters. The predicted octanol–water partition coefficient (Wildman–Crippen LogP) is 2.01. The molecule has 0 aromatic heterocycles. The first-order chi connectivity index (χ1) is 7.87. The Morgan fingerprint density at radius 2 is 1.71 bits per heavy atom. The molecule has 1 fully saturated rings. The molecule has 0 bridgehead atoms. The van der Waals surface area contributed by atoms with Crippen molar-refractivity contribution < 1.29 is 4.74 Å². The quantitative estimate of drug-likeness (QED) is 0.749. The van der Waals surface area contributed by atoms with E-state index >= 15 is 0 Å². The zero-order valence-electron chi connectivity index (χ0n) is 12.0. The normalized spacial score (nSPS) is 19.6. The number of ether oxygens (including phenoxy) is 1. The molecule has 0 aromatic rings. The van der Waals surface area contributed by atoms with Crippen molar-refractivity contribution in [2.45, 2.75) is 40.5 Å². The van der Waals surface area contributed by atoms with Crippen LogP contribution in [0.2, 0.25) is 0 Å². The van der Waals surface area contributed by atoms with Gasteiger partial charge in [0, 0.05) is 26.3 Å². The second-order valence-corrected chi connectivity index (χ2v) is 6.85. The van der Waals surface area contributed by atoms with E-state index in [1.54, 1.807) is 0 Å². The van der Waals surface area contributed by atoms with Gasteiger partial charge in [0.05, 0.1) is 0 Å². The molecule has 3 heteroatoms. The van der Waals surface area contributed by atoms with Crippen LogP contribution in [0.4, 0.5) is 0 Å². The Labute approximate surface area is 106 Å². The smallest absolute Gasteiger partial charge is 0.0468 e. The minimum Gasteiger partial charge on any atom is -0.381 e. The fourth-order valence-electron chi connectivity index (χ4n) is 2.42. The molecule has 0 atom stereocenters. The van der Waals surface area contributed by atoms with Gasteiger partial charge in [0.2, 0.25) is 0 Å². The third-order valence-electron chi connectivity index (χ3n) is 4.06. The maximum absolute atomic E-state index is 5.74. The van der Waals surface area contributed by atoms with Crippen LogP contribution in [-0.2, 0) is 4.74 Å². The Hall–Kier alpha value is -0.120. The van der Waals surface area contributed by atoms with Crippen LogP contribution >= 0.6 is 0 Å². The number of hydrogen-bond donors (Lipinski definition) is 2. The largest absolute Gasteiger partial charge is 0.381 e. The van der Waals surface area contributed by atoms with E-state index in [0.29, 0.717) is 5.41 Å². The van der Waals surface area contributed by atoms with Crippen LogP contribution in [0.1, 0.15) is 40.5 Å². The first kappa shape index (κ1) is 14.9. The molecule has 0 saturated carbocycles. The highest BCUT2D eigenvalue weighted by Gasteiger charge is 2.31. The van der Waals surface area contributed by atoms with Crippen LogP contribution < -0.4 is 11.1 Å². The second kappa shape index (κ2) is 6.17. The predicted molar refractivity (Wildman–Crippen MR) is 73.0 cm³/mol. The summed E-state index contributed by atoms with van der Waals surface area (Å²) >= 11 is 0. The molecular formula is C14H30N2O. The fourth-order valence-corrected chi connectivity index (χ4v) is 2.42. The van der Waals surface area contributed by atoms with Gasteiger partial charge in [-0.3, -0.25) is 0 Å². The molecule has 0 aromatic carbocycles. The lowest BCUT2D eigenvalue weighted by atomic mass is 9.74. The van der Waals surface area contributed by atoms with Crippen molar-refractivity contribution in [1.29, 1.82) is 0 Å². The number of nitrogens with one attached hydrogen (secondary N) is 1. The van der Waals surface area contributed by atoms with Gasteiger partial charge >= 0.3 is 0 Å². The summed E-state index contributed by atoms with van der Waals surface area (Å²) in [5.74, 6) is 0.782. The molecule has 1 rings (SSSR count). The van der Waals surface area contributed by atoms with E-state index in [9.17, 15) is 0 Å². The third-order valence-corrected chi connectivity index (χ3v) is 4.06. The number of rotatable bonds is 6. The molecule has 1 saturated heterocycles. The van der Waals surface area contributed by atoms with E-state index in [2.05, 4.69) is 33.0 Å². The highest BCUT2D eigenvalue weighted by molar-refractivity contribution is 4.83. The average Bonchev–Trinajstić information content (AvgIpc) is 2.30. The summed E-state index contributed by atoms with van der Waals surface area (Å²) in [5, 5.41) is 3.59. The van der Waals surface area contributed by atoms with E-state index < -0.39 is 0 Å². The van der Waals surface area contributed by atoms with Crippen LogP contribution in [0, 0.1) is 16.7 Å². The van der Waals surface area contributed by atoms with Crippen LogP contribution in [-0.4, -0.2) is 32.8 Å². The first-order valence-electron chi connectivity index (χ1n) is 6.86. The average molecular weight is 242 g/mol. The molecule has 0 aliphatic carbocycles. The maximum Gasteiger partial charge on any atom is 0.0468 e. The Bertz CT molecular complexity index is 220. The molecule has 3 nitrogen and oxygen atoms in total. The van der Waals surface area contributed by atoms with E-state index in [1.807, 2.05) is 0 Å². The van der Waals surface area contributed by atoms with Crippen LogP contribution in [0.15, 0.2) is 0 Å². The number of hydrogen-bond acceptors (Lipinski definition) is 3. The van der Waals surface area contributed by atoms with E-state index in [-0.39, 0.29) is 5.41 Å². The van der Waals surface area contributed by atoms with Crippen LogP contribution in [0.3, 0.4) is 0 Å². The van der Waals surface area contributed by atoms with Gasteiger partial charge in [-0.1, -0.05) is 27.7 Å². The van der Waals surface area contributed by atoms with Gasteiger partial charge in [0.1, 0.15) is 0 Å². The molecule has 0 spiro atoms. The summed E-state index contributed by atoms with van der Waals surface area (Å²) in [5.41, 5.74) is 6.30. The molecule has 0 amide bonds. The van der Waals surface area contributed by atoms with Gasteiger partial charge in [-0.05, 0) is 36.1 Å². The summed E-state index contributed by atoms with van der Waals surface area (Å²) in [6.07, 6.45) is 2.41. The zero-order valence-corrected chi connectivity index (χ0v) is 12.0. The molecular weight excluding hydrogens is 212 g/mol. The molecule has 102 valence electrons. The molecule has 1 heterocycles. The van der Waals surface area contributed by atoms with Crippen LogP contribution in [0.25, 0.3) is 0 Å². The van der Waals surface area contributed by atoms with Gasteiger partial charge in [-0.2, -0.15) is 0 Å². The van der Waals surface area contributed by atoms with E-state index in [4.69, 9.17) is 10.5 Å². The van der Waals surface area contributed by atoms with Gasteiger partial charge in [-0.15, -0.1) is 0 Å². The Morgan fingerprint density at radius 3 is 2.24 bits per heavy atom. The molecule has 0 radical (unpaired) electrons. The number of nitrogens with two attached hydrogens (primary N) is 1. The van der Waals surface area contributed by atoms with Crippen molar-refractivity contribution in [3.05, 3.63) is 0 Å². The minimum absolute atomic E-state index is 0.200. The standard InChI is InChI=1S/C14H30N2O/c1-13(2,9-15)10-16-11-14(3,4)12-5-7-17-8-6-12/h12,16H,5-11,15H2,1-4H3. The Kier molecular flexibility index (Phi) is 5.42. The zero-order chi connectivity index (χ0) is 12.9. The lowest BCUT2D eigenvalue weighted by Crippen LogP contribution is -2.43. The van der Waals surface area contributed by atoms with Crippen molar-refractivity contribution >= 4 is 0 Å². The summed E-state index contributed by atoms with van der Waals surface area (Å²) in [6, 6.07) is 0.